The molecule has 0 amide bonds. The van der Waals surface area contributed by atoms with E-state index >= 15 is 0 Å². The van der Waals surface area contributed by atoms with Gasteiger partial charge in [0.05, 0.1) is 10.0 Å². The van der Waals surface area contributed by atoms with Gasteiger partial charge >= 0.3 is 0 Å². The number of hydrogen-bond donors (Lipinski definition) is 1. The van der Waals surface area contributed by atoms with Crippen molar-refractivity contribution in [2.24, 2.45) is 5.73 Å². The molecule has 0 aliphatic carbocycles. The molecule has 1 saturated heterocycles. The Bertz CT molecular complexity index is 628. The first-order valence-corrected chi connectivity index (χ1v) is 7.46. The van der Waals surface area contributed by atoms with Crippen molar-refractivity contribution in [1.82, 2.24) is 0 Å². The molecule has 2 aromatic carbocycles. The number of rotatable bonds is 2. The molecule has 2 nitrogen and oxygen atoms in total. The van der Waals surface area contributed by atoms with Crippen LogP contribution in [0, 0.1) is 0 Å². The maximum absolute atomic E-state index is 6.13. The molecule has 4 heteroatoms. The number of anilines is 1. The topological polar surface area (TPSA) is 29.3 Å². The zero-order chi connectivity index (χ0) is 14.1. The molecule has 0 radical (unpaired) electrons. The van der Waals surface area contributed by atoms with E-state index in [1.165, 1.54) is 11.3 Å². The van der Waals surface area contributed by atoms with Gasteiger partial charge in [-0.3, -0.25) is 0 Å². The van der Waals surface area contributed by atoms with Crippen LogP contribution in [0.4, 0.5) is 5.69 Å². The summed E-state index contributed by atoms with van der Waals surface area (Å²) in [6.07, 6.45) is 1.04. The molecule has 1 unspecified atom stereocenters. The van der Waals surface area contributed by atoms with Crippen molar-refractivity contribution in [1.29, 1.82) is 0 Å². The predicted octanol–water partition coefficient (Wildman–Crippen LogP) is 4.20. The van der Waals surface area contributed by atoms with E-state index in [0.717, 1.165) is 25.1 Å². The Morgan fingerprint density at radius 1 is 1.05 bits per heavy atom. The van der Waals surface area contributed by atoms with Gasteiger partial charge < -0.3 is 10.6 Å². The number of halogens is 2. The molecule has 20 heavy (non-hydrogen) atoms. The van der Waals surface area contributed by atoms with E-state index in [0.29, 0.717) is 10.0 Å². The lowest BCUT2D eigenvalue weighted by Gasteiger charge is -2.22. The van der Waals surface area contributed by atoms with Crippen molar-refractivity contribution in [3.63, 3.8) is 0 Å². The lowest BCUT2D eigenvalue weighted by atomic mass is 10.0. The zero-order valence-electron chi connectivity index (χ0n) is 11.0. The minimum atomic E-state index is 0.261. The summed E-state index contributed by atoms with van der Waals surface area (Å²) in [5.41, 5.74) is 9.47. The third kappa shape index (κ3) is 2.64. The first-order valence-electron chi connectivity index (χ1n) is 6.70. The van der Waals surface area contributed by atoms with Crippen LogP contribution in [0.5, 0.6) is 0 Å². The van der Waals surface area contributed by atoms with E-state index in [1.807, 2.05) is 24.3 Å². The molecular weight excluding hydrogens is 291 g/mol. The lowest BCUT2D eigenvalue weighted by Crippen LogP contribution is -2.26. The summed E-state index contributed by atoms with van der Waals surface area (Å²) in [5.74, 6) is 0. The first-order chi connectivity index (χ1) is 9.65. The van der Waals surface area contributed by atoms with Crippen LogP contribution in [0.2, 0.25) is 10.0 Å². The van der Waals surface area contributed by atoms with E-state index < -0.39 is 0 Å². The van der Waals surface area contributed by atoms with Gasteiger partial charge in [-0.1, -0.05) is 47.5 Å². The number of para-hydroxylation sites is 1. The highest BCUT2D eigenvalue weighted by molar-refractivity contribution is 6.42. The van der Waals surface area contributed by atoms with Gasteiger partial charge in [-0.25, -0.2) is 0 Å². The van der Waals surface area contributed by atoms with Crippen molar-refractivity contribution >= 4 is 28.9 Å². The Hall–Kier alpha value is -1.22. The normalized spacial score (nSPS) is 18.6. The summed E-state index contributed by atoms with van der Waals surface area (Å²) < 4.78 is 0. The van der Waals surface area contributed by atoms with Gasteiger partial charge in [-0.05, 0) is 30.2 Å². The summed E-state index contributed by atoms with van der Waals surface area (Å²) in [7, 11) is 0. The van der Waals surface area contributed by atoms with Crippen LogP contribution in [0.15, 0.2) is 42.5 Å². The Morgan fingerprint density at radius 3 is 2.55 bits per heavy atom. The zero-order valence-corrected chi connectivity index (χ0v) is 12.5. The molecule has 0 saturated carbocycles. The molecule has 1 atom stereocenters. The fourth-order valence-electron chi connectivity index (χ4n) is 2.66. The largest absolute Gasteiger partial charge is 0.369 e. The maximum Gasteiger partial charge on any atom is 0.0598 e. The Kier molecular flexibility index (Phi) is 3.88. The third-order valence-electron chi connectivity index (χ3n) is 3.70. The van der Waals surface area contributed by atoms with E-state index in [-0.39, 0.29) is 6.04 Å². The van der Waals surface area contributed by atoms with Crippen molar-refractivity contribution in [2.75, 3.05) is 18.0 Å². The van der Waals surface area contributed by atoms with Gasteiger partial charge in [-0.15, -0.1) is 0 Å². The summed E-state index contributed by atoms with van der Waals surface area (Å²) in [6, 6.07) is 14.4. The number of benzene rings is 2. The smallest absolute Gasteiger partial charge is 0.0598 e. The van der Waals surface area contributed by atoms with Gasteiger partial charge in [-0.2, -0.15) is 0 Å². The van der Waals surface area contributed by atoms with Crippen LogP contribution in [0.3, 0.4) is 0 Å². The standard InChI is InChI=1S/C16H16Cl2N2/c17-14-6-5-11(9-15(14)18)13-3-1-2-4-16(13)20-8-7-12(19)10-20/h1-6,9,12H,7-8,10,19H2. The molecular formula is C16H16Cl2N2. The molecule has 0 aromatic heterocycles. The van der Waals surface area contributed by atoms with Gasteiger partial charge in [0.25, 0.3) is 0 Å². The fourth-order valence-corrected chi connectivity index (χ4v) is 2.96. The Labute approximate surface area is 129 Å². The first kappa shape index (κ1) is 13.7. The van der Waals surface area contributed by atoms with E-state index in [2.05, 4.69) is 23.1 Å². The summed E-state index contributed by atoms with van der Waals surface area (Å²) in [6.45, 7) is 1.90. The summed E-state index contributed by atoms with van der Waals surface area (Å²) in [5, 5.41) is 1.16. The van der Waals surface area contributed by atoms with Crippen LogP contribution in [0.25, 0.3) is 11.1 Å². The van der Waals surface area contributed by atoms with Crippen LogP contribution in [0.1, 0.15) is 6.42 Å². The Morgan fingerprint density at radius 2 is 1.85 bits per heavy atom. The van der Waals surface area contributed by atoms with Crippen molar-refractivity contribution in [3.05, 3.63) is 52.5 Å². The van der Waals surface area contributed by atoms with Crippen LogP contribution in [-0.2, 0) is 0 Å². The molecule has 1 heterocycles. The predicted molar refractivity (Wildman–Crippen MR) is 86.7 cm³/mol. The van der Waals surface area contributed by atoms with Crippen LogP contribution < -0.4 is 10.6 Å². The maximum atomic E-state index is 6.13. The molecule has 0 bridgehead atoms. The van der Waals surface area contributed by atoms with Gasteiger partial charge in [0.1, 0.15) is 0 Å². The quantitative estimate of drug-likeness (QED) is 0.901. The summed E-state index contributed by atoms with van der Waals surface area (Å²) >= 11 is 12.1. The molecule has 0 spiro atoms. The molecule has 1 aliphatic rings. The average Bonchev–Trinajstić information content (AvgIpc) is 2.88. The molecule has 1 fully saturated rings. The van der Waals surface area contributed by atoms with Crippen molar-refractivity contribution < 1.29 is 0 Å². The second-order valence-corrected chi connectivity index (χ2v) is 5.96. The SMILES string of the molecule is NC1CCN(c2ccccc2-c2ccc(Cl)c(Cl)c2)C1. The highest BCUT2D eigenvalue weighted by Crippen LogP contribution is 2.35. The lowest BCUT2D eigenvalue weighted by molar-refractivity contribution is 0.752. The second-order valence-electron chi connectivity index (χ2n) is 5.14. The second kappa shape index (κ2) is 5.65. The number of nitrogens with two attached hydrogens (primary N) is 1. The monoisotopic (exact) mass is 306 g/mol. The Balaban J connectivity index is 2.03. The summed E-state index contributed by atoms with van der Waals surface area (Å²) in [4.78, 5) is 2.34. The molecule has 2 N–H and O–H groups in total. The van der Waals surface area contributed by atoms with Crippen LogP contribution >= 0.6 is 23.2 Å². The minimum absolute atomic E-state index is 0.261. The highest BCUT2D eigenvalue weighted by atomic mass is 35.5. The minimum Gasteiger partial charge on any atom is -0.369 e. The van der Waals surface area contributed by atoms with Gasteiger partial charge in [0.15, 0.2) is 0 Å². The van der Waals surface area contributed by atoms with Crippen molar-refractivity contribution in [3.8, 4) is 11.1 Å². The van der Waals surface area contributed by atoms with E-state index in [1.54, 1.807) is 0 Å². The number of hydrogen-bond acceptors (Lipinski definition) is 2. The van der Waals surface area contributed by atoms with Crippen LogP contribution in [-0.4, -0.2) is 19.1 Å². The number of nitrogens with zero attached hydrogens (tertiary/aromatic N) is 1. The molecule has 2 aromatic rings. The van der Waals surface area contributed by atoms with Gasteiger partial charge in [0.2, 0.25) is 0 Å². The van der Waals surface area contributed by atoms with Gasteiger partial charge in [0, 0.05) is 30.4 Å². The van der Waals surface area contributed by atoms with E-state index in [4.69, 9.17) is 28.9 Å². The molecule has 104 valence electrons. The van der Waals surface area contributed by atoms with E-state index in [9.17, 15) is 0 Å². The fraction of sp³-hybridized carbons (Fsp3) is 0.250. The molecule has 3 rings (SSSR count). The molecule has 1 aliphatic heterocycles. The van der Waals surface area contributed by atoms with Crippen molar-refractivity contribution in [2.45, 2.75) is 12.5 Å². The third-order valence-corrected chi connectivity index (χ3v) is 4.44. The highest BCUT2D eigenvalue weighted by Gasteiger charge is 2.21. The average molecular weight is 307 g/mol.